The van der Waals surface area contributed by atoms with Crippen LogP contribution in [0.5, 0.6) is 0 Å². The monoisotopic (exact) mass is 481 g/mol. The van der Waals surface area contributed by atoms with Crippen LogP contribution in [-0.4, -0.2) is 52.4 Å². The molecule has 9 nitrogen and oxygen atoms in total. The van der Waals surface area contributed by atoms with Crippen LogP contribution in [0.4, 0.5) is 4.79 Å². The summed E-state index contributed by atoms with van der Waals surface area (Å²) in [7, 11) is 0. The van der Waals surface area contributed by atoms with Gasteiger partial charge in [-0.15, -0.1) is 11.3 Å². The molecule has 0 radical (unpaired) electrons. The van der Waals surface area contributed by atoms with Crippen molar-refractivity contribution in [2.75, 3.05) is 13.2 Å². The van der Waals surface area contributed by atoms with Gasteiger partial charge in [-0.3, -0.25) is 4.79 Å². The van der Waals surface area contributed by atoms with Crippen LogP contribution in [0.1, 0.15) is 45.5 Å². The highest BCUT2D eigenvalue weighted by Crippen LogP contribution is 2.44. The molecule has 0 aliphatic heterocycles. The van der Waals surface area contributed by atoms with Crippen molar-refractivity contribution >= 4 is 29.3 Å². The van der Waals surface area contributed by atoms with E-state index in [1.54, 1.807) is 6.92 Å². The van der Waals surface area contributed by atoms with Crippen LogP contribution < -0.4 is 10.6 Å². The average molecular weight is 482 g/mol. The van der Waals surface area contributed by atoms with Crippen LogP contribution >= 0.6 is 11.3 Å². The van der Waals surface area contributed by atoms with Gasteiger partial charge in [0.25, 0.3) is 5.91 Å². The van der Waals surface area contributed by atoms with E-state index >= 15 is 0 Å². The van der Waals surface area contributed by atoms with Crippen molar-refractivity contribution in [1.82, 2.24) is 15.6 Å². The van der Waals surface area contributed by atoms with Gasteiger partial charge in [0.05, 0.1) is 12.6 Å². The first-order valence-corrected chi connectivity index (χ1v) is 11.5. The molecule has 10 heteroatoms. The molecule has 1 aliphatic rings. The molecule has 1 unspecified atom stereocenters. The molecule has 1 aromatic heterocycles. The van der Waals surface area contributed by atoms with Gasteiger partial charge >= 0.3 is 12.1 Å². The number of carbonyl (C=O) groups excluding carboxylic acids is 2. The summed E-state index contributed by atoms with van der Waals surface area (Å²) in [5.41, 5.74) is 4.51. The van der Waals surface area contributed by atoms with E-state index in [1.807, 2.05) is 36.4 Å². The lowest BCUT2D eigenvalue weighted by atomic mass is 9.98. The highest BCUT2D eigenvalue weighted by molar-refractivity contribution is 7.09. The van der Waals surface area contributed by atoms with Crippen LogP contribution in [0.3, 0.4) is 0 Å². The number of hydrogen-bond donors (Lipinski definition) is 4. The van der Waals surface area contributed by atoms with Crippen molar-refractivity contribution in [3.63, 3.8) is 0 Å². The van der Waals surface area contributed by atoms with Gasteiger partial charge in [-0.1, -0.05) is 48.5 Å². The lowest BCUT2D eigenvalue weighted by Gasteiger charge is -2.16. The van der Waals surface area contributed by atoms with Crippen LogP contribution in [0.25, 0.3) is 11.1 Å². The second-order valence-electron chi connectivity index (χ2n) is 7.81. The molecule has 2 aromatic carbocycles. The van der Waals surface area contributed by atoms with E-state index in [0.717, 1.165) is 33.6 Å². The highest BCUT2D eigenvalue weighted by Gasteiger charge is 2.29. The Bertz CT molecular complexity index is 1180. The second kappa shape index (κ2) is 10.0. The number of aliphatic carboxylic acids is 1. The Morgan fingerprint density at radius 2 is 1.68 bits per heavy atom. The number of aliphatic hydroxyl groups is 1. The lowest BCUT2D eigenvalue weighted by Crippen LogP contribution is -2.43. The first-order valence-electron chi connectivity index (χ1n) is 10.6. The number of nitrogens with one attached hydrogen (secondary N) is 2. The maximum Gasteiger partial charge on any atom is 0.407 e. The van der Waals surface area contributed by atoms with E-state index in [-0.39, 0.29) is 18.2 Å². The van der Waals surface area contributed by atoms with Crippen molar-refractivity contribution in [1.29, 1.82) is 0 Å². The van der Waals surface area contributed by atoms with E-state index in [0.29, 0.717) is 5.01 Å². The molecular weight excluding hydrogens is 458 g/mol. The Kier molecular flexibility index (Phi) is 6.90. The smallest absolute Gasteiger partial charge is 0.407 e. The van der Waals surface area contributed by atoms with E-state index in [1.165, 1.54) is 5.38 Å². The van der Waals surface area contributed by atoms with Gasteiger partial charge in [0, 0.05) is 11.3 Å². The van der Waals surface area contributed by atoms with Crippen molar-refractivity contribution in [2.24, 2.45) is 0 Å². The molecule has 3 aromatic rings. The number of carboxylic acid groups (broad SMARTS) is 1. The lowest BCUT2D eigenvalue weighted by molar-refractivity contribution is -0.140. The van der Waals surface area contributed by atoms with Gasteiger partial charge in [0.1, 0.15) is 17.3 Å². The van der Waals surface area contributed by atoms with E-state index in [9.17, 15) is 14.4 Å². The number of carboxylic acids is 1. The average Bonchev–Trinajstić information content (AvgIpc) is 3.45. The Balaban J connectivity index is 1.36. The molecule has 0 spiro atoms. The normalized spacial score (nSPS) is 13.9. The minimum atomic E-state index is -1.42. The maximum atomic E-state index is 12.5. The largest absolute Gasteiger partial charge is 0.480 e. The van der Waals surface area contributed by atoms with Gasteiger partial charge in [-0.05, 0) is 29.2 Å². The fraction of sp³-hybridized carbons (Fsp3) is 0.250. The zero-order valence-corrected chi connectivity index (χ0v) is 19.0. The molecule has 176 valence electrons. The predicted molar refractivity (Wildman–Crippen MR) is 125 cm³/mol. The first-order chi connectivity index (χ1) is 16.4. The van der Waals surface area contributed by atoms with Crippen LogP contribution in [-0.2, 0) is 9.53 Å². The first kappa shape index (κ1) is 23.4. The van der Waals surface area contributed by atoms with Crippen LogP contribution in [0, 0.1) is 0 Å². The molecular formula is C24H23N3O6S. The van der Waals surface area contributed by atoms with Gasteiger partial charge in [0.2, 0.25) is 0 Å². The Hall–Kier alpha value is -3.76. The van der Waals surface area contributed by atoms with Crippen molar-refractivity contribution in [3.05, 3.63) is 75.7 Å². The summed E-state index contributed by atoms with van der Waals surface area (Å²) < 4.78 is 5.53. The number of carbonyl (C=O) groups is 3. The number of aromatic nitrogens is 1. The highest BCUT2D eigenvalue weighted by atomic mass is 32.1. The van der Waals surface area contributed by atoms with Gasteiger partial charge in [-0.2, -0.15) is 0 Å². The minimum absolute atomic E-state index is 0.000821. The van der Waals surface area contributed by atoms with Crippen LogP contribution in [0.2, 0.25) is 0 Å². The minimum Gasteiger partial charge on any atom is -0.480 e. The van der Waals surface area contributed by atoms with E-state index in [4.69, 9.17) is 14.9 Å². The van der Waals surface area contributed by atoms with Gasteiger partial charge in [-0.25, -0.2) is 14.6 Å². The van der Waals surface area contributed by atoms with Crippen LogP contribution in [0.15, 0.2) is 53.9 Å². The number of rotatable bonds is 8. The summed E-state index contributed by atoms with van der Waals surface area (Å²) in [4.78, 5) is 39.8. The predicted octanol–water partition coefficient (Wildman–Crippen LogP) is 2.92. The number of amides is 2. The molecule has 2 atom stereocenters. The van der Waals surface area contributed by atoms with Gasteiger partial charge < -0.3 is 25.6 Å². The fourth-order valence-electron chi connectivity index (χ4n) is 3.89. The van der Waals surface area contributed by atoms with E-state index < -0.39 is 36.7 Å². The molecule has 0 saturated heterocycles. The summed E-state index contributed by atoms with van der Waals surface area (Å²) >= 11 is 1.14. The van der Waals surface area contributed by atoms with Crippen molar-refractivity contribution in [3.8, 4) is 11.1 Å². The summed E-state index contributed by atoms with van der Waals surface area (Å²) in [6.07, 6.45) is -0.609. The van der Waals surface area contributed by atoms with Gasteiger partial charge in [0.15, 0.2) is 6.04 Å². The summed E-state index contributed by atoms with van der Waals surface area (Å²) in [5, 5.41) is 24.8. The summed E-state index contributed by atoms with van der Waals surface area (Å²) in [6.45, 7) is 1.14. The van der Waals surface area contributed by atoms with Crippen molar-refractivity contribution in [2.45, 2.75) is 24.9 Å². The Morgan fingerprint density at radius 3 is 2.26 bits per heavy atom. The standard InChI is InChI=1S/C24H23N3O6S/c1-13(22-27-20(12-34-22)21(29)26-19(10-28)23(30)31)25-24(32)33-11-18-16-8-4-2-6-14(16)15-7-3-5-9-17(15)18/h2-9,12-13,18-19,28H,10-11H2,1H3,(H,25,32)(H,26,29)(H,30,31)/t13?,19-/m1/s1. The number of ether oxygens (including phenoxy) is 1. The number of alkyl carbamates (subject to hydrolysis) is 1. The Labute approximate surface area is 199 Å². The number of hydrogen-bond acceptors (Lipinski definition) is 7. The summed E-state index contributed by atoms with van der Waals surface area (Å²) in [6, 6.07) is 14.2. The molecule has 0 fully saturated rings. The number of benzene rings is 2. The molecule has 0 saturated carbocycles. The quantitative estimate of drug-likeness (QED) is 0.388. The fourth-order valence-corrected chi connectivity index (χ4v) is 4.69. The molecule has 0 bridgehead atoms. The SMILES string of the molecule is CC(NC(=O)OCC1c2ccccc2-c2ccccc21)c1nc(C(=O)N[C@H](CO)C(=O)O)cs1. The zero-order valence-electron chi connectivity index (χ0n) is 18.2. The third-order valence-electron chi connectivity index (χ3n) is 5.59. The molecule has 2 amide bonds. The molecule has 1 aliphatic carbocycles. The third kappa shape index (κ3) is 4.78. The molecule has 4 rings (SSSR count). The number of fused-ring (bicyclic) bond motifs is 3. The van der Waals surface area contributed by atoms with Crippen molar-refractivity contribution < 1.29 is 29.3 Å². The Morgan fingerprint density at radius 1 is 1.06 bits per heavy atom. The molecule has 4 N–H and O–H groups in total. The third-order valence-corrected chi connectivity index (χ3v) is 6.62. The second-order valence-corrected chi connectivity index (χ2v) is 8.70. The zero-order chi connectivity index (χ0) is 24.2. The topological polar surface area (TPSA) is 138 Å². The maximum absolute atomic E-state index is 12.5. The molecule has 1 heterocycles. The van der Waals surface area contributed by atoms with E-state index in [2.05, 4.69) is 27.8 Å². The summed E-state index contributed by atoms with van der Waals surface area (Å²) in [5.74, 6) is -2.13. The number of aliphatic hydroxyl groups excluding tert-OH is 1. The number of nitrogens with zero attached hydrogens (tertiary/aromatic N) is 1. The molecule has 34 heavy (non-hydrogen) atoms. The number of thiazole rings is 1.